The highest BCUT2D eigenvalue weighted by Crippen LogP contribution is 2.18. The second-order valence-electron chi connectivity index (χ2n) is 28.3. The third-order valence-corrected chi connectivity index (χ3v) is 17.6. The van der Waals surface area contributed by atoms with Gasteiger partial charge in [0.1, 0.15) is 13.2 Å². The number of allylic oxidation sites excluding steroid dienone is 24. The molecule has 0 spiro atoms. The number of hydrogen-bond acceptors (Lipinski definition) is 8. The first-order valence-corrected chi connectivity index (χ1v) is 41.0. The van der Waals surface area contributed by atoms with Gasteiger partial charge in [-0.05, 0) is 122 Å². The zero-order chi connectivity index (χ0) is 71.8. The number of carbonyl (C=O) groups excluding carboxylic acids is 3. The first kappa shape index (κ1) is 94.2. The van der Waals surface area contributed by atoms with E-state index >= 15 is 0 Å². The van der Waals surface area contributed by atoms with E-state index in [0.717, 1.165) is 103 Å². The van der Waals surface area contributed by atoms with Gasteiger partial charge in [-0.2, -0.15) is 0 Å². The molecular weight excluding hydrogens is 1220 g/mol. The Hall–Kier alpha value is -4.83. The third-order valence-electron chi connectivity index (χ3n) is 17.6. The van der Waals surface area contributed by atoms with Crippen molar-refractivity contribution < 1.29 is 42.9 Å². The molecule has 0 aliphatic rings. The summed E-state index contributed by atoms with van der Waals surface area (Å²) in [7, 11) is 5.92. The molecule has 0 aromatic carbocycles. The minimum atomic E-state index is -1.64. The fourth-order valence-corrected chi connectivity index (χ4v) is 11.4. The molecule has 0 bridgehead atoms. The largest absolute Gasteiger partial charge is 0.545 e. The molecule has 0 saturated heterocycles. The Bertz CT molecular complexity index is 2150. The average molecular weight is 1380 g/mol. The zero-order valence-corrected chi connectivity index (χ0v) is 64.8. The highest BCUT2D eigenvalue weighted by molar-refractivity contribution is 5.70. The highest BCUT2D eigenvalue weighted by atomic mass is 16.7. The van der Waals surface area contributed by atoms with Crippen LogP contribution in [0.15, 0.2) is 146 Å². The van der Waals surface area contributed by atoms with Crippen LogP contribution >= 0.6 is 0 Å². The van der Waals surface area contributed by atoms with Gasteiger partial charge >= 0.3 is 11.9 Å². The van der Waals surface area contributed by atoms with E-state index in [2.05, 4.69) is 160 Å². The molecule has 0 aliphatic carbocycles. The Balaban J connectivity index is 4.07. The standard InChI is InChI=1S/C90H153NO8/c1-6-8-10-12-14-16-18-20-22-24-26-28-30-32-34-36-38-40-41-42-43-44-45-46-47-49-50-52-54-56-58-60-62-64-66-68-70-72-74-76-78-80-87(92)97-84-86(85-98-90(89(94)95)96-83-82-91(3,4)5)99-88(93)81-79-77-75-73-71-69-67-65-63-61-59-57-55-53-51-48-39-37-35-33-31-29-27-25-23-21-19-17-15-13-11-9-7-2/h9,11,15,17-18,20-21,23-24,26-27,29,33,35,39,48,53,55,59,61,65,67,71,73,86,90H,6-8,10,12-14,16,19,22,25,28,30-32,34,36-38,40-47,49-52,54,56-58,60,62-64,66,68-70,72,74-85H2,1-5H3/b11-9-,17-15-,20-18-,23-21-,26-24-,29-27-,35-33-,48-39-,55-53-,61-59-,67-65-,73-71-. The van der Waals surface area contributed by atoms with Crippen LogP contribution in [0.1, 0.15) is 348 Å². The summed E-state index contributed by atoms with van der Waals surface area (Å²) in [4.78, 5) is 37.6. The van der Waals surface area contributed by atoms with Crippen molar-refractivity contribution in [2.75, 3.05) is 47.5 Å². The second-order valence-corrected chi connectivity index (χ2v) is 28.3. The maximum Gasteiger partial charge on any atom is 0.306 e. The number of carboxylic acids is 1. The molecule has 9 nitrogen and oxygen atoms in total. The molecule has 0 rings (SSSR count). The molecule has 2 atom stereocenters. The number of aliphatic carboxylic acids is 1. The fraction of sp³-hybridized carbons (Fsp3) is 0.700. The van der Waals surface area contributed by atoms with Crippen LogP contribution in [-0.4, -0.2) is 82.3 Å². The minimum Gasteiger partial charge on any atom is -0.545 e. The van der Waals surface area contributed by atoms with Crippen LogP contribution in [0.2, 0.25) is 0 Å². The predicted molar refractivity (Wildman–Crippen MR) is 426 cm³/mol. The number of hydrogen-bond donors (Lipinski definition) is 0. The predicted octanol–water partition coefficient (Wildman–Crippen LogP) is 25.3. The molecule has 0 heterocycles. The Morgan fingerprint density at radius 1 is 0.313 bits per heavy atom. The van der Waals surface area contributed by atoms with E-state index in [1.807, 2.05) is 21.1 Å². The highest BCUT2D eigenvalue weighted by Gasteiger charge is 2.22. The van der Waals surface area contributed by atoms with Gasteiger partial charge in [0.05, 0.1) is 40.3 Å². The first-order valence-electron chi connectivity index (χ1n) is 41.0. The average Bonchev–Trinajstić information content (AvgIpc) is 1.57. The van der Waals surface area contributed by atoms with E-state index in [1.165, 1.54) is 212 Å². The summed E-state index contributed by atoms with van der Waals surface area (Å²) in [5.41, 5.74) is 0. The SMILES string of the molecule is CC/C=C\C/C=C\C/C=C\C/C=C\C/C=C\C/C=C\C/C=C\C/C=C\C/C=C\C/C=C\CCCCC(=O)OC(COC(=O)CCCCCCCCCCCCCCCCCCCCCCCCCCCCCCC/C=C\C/C=C\CCCCCCC)COC(OCC[N+](C)(C)C)C(=O)[O-]. The van der Waals surface area contributed by atoms with Gasteiger partial charge in [-0.3, -0.25) is 9.59 Å². The van der Waals surface area contributed by atoms with Gasteiger partial charge in [-0.1, -0.05) is 359 Å². The lowest BCUT2D eigenvalue weighted by Gasteiger charge is -2.26. The normalized spacial score (nSPS) is 13.4. The summed E-state index contributed by atoms with van der Waals surface area (Å²) in [5.74, 6) is -2.34. The van der Waals surface area contributed by atoms with E-state index in [0.29, 0.717) is 17.4 Å². The smallest absolute Gasteiger partial charge is 0.306 e. The number of unbranched alkanes of at least 4 members (excludes halogenated alkanes) is 36. The van der Waals surface area contributed by atoms with Gasteiger partial charge in [0.25, 0.3) is 0 Å². The summed E-state index contributed by atoms with van der Waals surface area (Å²) in [6.07, 6.45) is 113. The van der Waals surface area contributed by atoms with E-state index in [9.17, 15) is 19.5 Å². The number of likely N-dealkylation sites (N-methyl/N-ethyl adjacent to an activating group) is 1. The number of rotatable bonds is 75. The molecule has 0 aromatic heterocycles. The van der Waals surface area contributed by atoms with Gasteiger partial charge in [0.2, 0.25) is 0 Å². The van der Waals surface area contributed by atoms with Gasteiger partial charge in [-0.25, -0.2) is 0 Å². The van der Waals surface area contributed by atoms with Gasteiger partial charge < -0.3 is 33.3 Å². The van der Waals surface area contributed by atoms with Crippen LogP contribution in [0.25, 0.3) is 0 Å². The third kappa shape index (κ3) is 80.4. The molecule has 9 heteroatoms. The quantitative estimate of drug-likeness (QED) is 0.0195. The Morgan fingerprint density at radius 2 is 0.576 bits per heavy atom. The maximum absolute atomic E-state index is 12.9. The molecule has 99 heavy (non-hydrogen) atoms. The van der Waals surface area contributed by atoms with Crippen molar-refractivity contribution in [3.05, 3.63) is 146 Å². The summed E-state index contributed by atoms with van der Waals surface area (Å²) in [5, 5.41) is 11.9. The first-order chi connectivity index (χ1) is 48.6. The minimum absolute atomic E-state index is 0.133. The van der Waals surface area contributed by atoms with Gasteiger partial charge in [0, 0.05) is 12.8 Å². The van der Waals surface area contributed by atoms with Crippen LogP contribution in [0.4, 0.5) is 0 Å². The van der Waals surface area contributed by atoms with Crippen molar-refractivity contribution in [2.45, 2.75) is 360 Å². The molecule has 0 N–H and O–H groups in total. The number of nitrogens with zero attached hydrogens (tertiary/aromatic N) is 1. The Morgan fingerprint density at radius 3 is 0.879 bits per heavy atom. The summed E-state index contributed by atoms with van der Waals surface area (Å²) in [6.45, 7) is 4.59. The van der Waals surface area contributed by atoms with Crippen molar-refractivity contribution >= 4 is 17.9 Å². The Kier molecular flexibility index (Phi) is 75.0. The summed E-state index contributed by atoms with van der Waals surface area (Å²) >= 11 is 0. The number of carboxylic acid groups (broad SMARTS) is 1. The zero-order valence-electron chi connectivity index (χ0n) is 64.8. The molecule has 0 amide bonds. The number of esters is 2. The molecular formula is C90H153NO8. The van der Waals surface area contributed by atoms with Crippen molar-refractivity contribution in [2.24, 2.45) is 0 Å². The van der Waals surface area contributed by atoms with E-state index in [1.54, 1.807) is 0 Å². The second kappa shape index (κ2) is 78.9. The lowest BCUT2D eigenvalue weighted by Crippen LogP contribution is -2.44. The van der Waals surface area contributed by atoms with E-state index < -0.39 is 24.3 Å². The number of quaternary nitrogens is 1. The topological polar surface area (TPSA) is 111 Å². The van der Waals surface area contributed by atoms with Crippen LogP contribution in [0.3, 0.4) is 0 Å². The number of carbonyl (C=O) groups is 3. The van der Waals surface area contributed by atoms with E-state index in [-0.39, 0.29) is 38.6 Å². The Labute approximate surface area is 611 Å². The van der Waals surface area contributed by atoms with Crippen LogP contribution in [-0.2, 0) is 33.3 Å². The molecule has 566 valence electrons. The summed E-state index contributed by atoms with van der Waals surface area (Å²) < 4.78 is 22.8. The molecule has 2 unspecified atom stereocenters. The summed E-state index contributed by atoms with van der Waals surface area (Å²) in [6, 6.07) is 0. The van der Waals surface area contributed by atoms with Crippen LogP contribution < -0.4 is 5.11 Å². The lowest BCUT2D eigenvalue weighted by atomic mass is 10.0. The van der Waals surface area contributed by atoms with Crippen LogP contribution in [0.5, 0.6) is 0 Å². The molecule has 0 saturated carbocycles. The molecule has 0 aliphatic heterocycles. The fourth-order valence-electron chi connectivity index (χ4n) is 11.4. The van der Waals surface area contributed by atoms with Crippen molar-refractivity contribution in [1.29, 1.82) is 0 Å². The van der Waals surface area contributed by atoms with Crippen molar-refractivity contribution in [1.82, 2.24) is 0 Å². The van der Waals surface area contributed by atoms with Crippen molar-refractivity contribution in [3.63, 3.8) is 0 Å². The maximum atomic E-state index is 12.9. The van der Waals surface area contributed by atoms with Crippen LogP contribution in [0, 0.1) is 0 Å². The van der Waals surface area contributed by atoms with Crippen molar-refractivity contribution in [3.8, 4) is 0 Å². The van der Waals surface area contributed by atoms with Gasteiger partial charge in [0.15, 0.2) is 12.4 Å². The van der Waals surface area contributed by atoms with Gasteiger partial charge in [-0.15, -0.1) is 0 Å². The lowest BCUT2D eigenvalue weighted by molar-refractivity contribution is -0.870. The molecule has 0 fully saturated rings. The van der Waals surface area contributed by atoms with E-state index in [4.69, 9.17) is 18.9 Å². The monoisotopic (exact) mass is 1380 g/mol. The molecule has 0 aromatic rings. The molecule has 0 radical (unpaired) electrons. The number of ether oxygens (including phenoxy) is 4.